The Morgan fingerprint density at radius 1 is 1.18 bits per heavy atom. The van der Waals surface area contributed by atoms with E-state index in [1.54, 1.807) is 24.3 Å². The van der Waals surface area contributed by atoms with Crippen molar-refractivity contribution in [2.24, 2.45) is 0 Å². The van der Waals surface area contributed by atoms with Crippen LogP contribution in [0.15, 0.2) is 36.4 Å². The van der Waals surface area contributed by atoms with Gasteiger partial charge in [-0.3, -0.25) is 24.5 Å². The fraction of sp³-hybridized carbons (Fsp3) is 0.217. The minimum Gasteiger partial charge on any atom is -0.496 e. The highest BCUT2D eigenvalue weighted by atomic mass is 19.1. The summed E-state index contributed by atoms with van der Waals surface area (Å²) in [5.74, 6) is -1.74. The summed E-state index contributed by atoms with van der Waals surface area (Å²) in [6.07, 6.45) is 0.454. The maximum atomic E-state index is 13.7. The van der Waals surface area contributed by atoms with Crippen LogP contribution in [0.3, 0.4) is 0 Å². The predicted octanol–water partition coefficient (Wildman–Crippen LogP) is 2.33. The predicted molar refractivity (Wildman–Crippen MR) is 115 cm³/mol. The Labute approximate surface area is 186 Å². The number of halogens is 1. The smallest absolute Gasteiger partial charge is 0.272 e. The van der Waals surface area contributed by atoms with Crippen molar-refractivity contribution in [2.45, 2.75) is 25.4 Å². The maximum Gasteiger partial charge on any atom is 0.272 e. The molecule has 10 heteroatoms. The Hall–Kier alpha value is -4.21. The number of nitrogens with zero attached hydrogens (tertiary/aromatic N) is 1. The number of imide groups is 1. The first-order valence-electron chi connectivity index (χ1n) is 10.3. The SMILES string of the molecule is COc1cc(F)cc2[nH]c(C(=O)Nc3ccc4c(c3)CN(C3CCC(=O)NC3=O)C4=O)cc12. The third-order valence-electron chi connectivity index (χ3n) is 5.91. The number of benzene rings is 2. The largest absolute Gasteiger partial charge is 0.496 e. The molecule has 2 aliphatic rings. The third-order valence-corrected chi connectivity index (χ3v) is 5.91. The molecule has 9 nitrogen and oxygen atoms in total. The maximum absolute atomic E-state index is 13.7. The summed E-state index contributed by atoms with van der Waals surface area (Å²) in [5.41, 5.74) is 2.23. The molecule has 0 saturated carbocycles. The van der Waals surface area contributed by atoms with Gasteiger partial charge in [0.05, 0.1) is 12.6 Å². The van der Waals surface area contributed by atoms with Gasteiger partial charge in [0.1, 0.15) is 23.3 Å². The number of carbonyl (C=O) groups excluding carboxylic acids is 4. The number of piperidine rings is 1. The van der Waals surface area contributed by atoms with Crippen LogP contribution < -0.4 is 15.4 Å². The lowest BCUT2D eigenvalue weighted by Gasteiger charge is -2.29. The molecular weight excluding hydrogens is 431 g/mol. The van der Waals surface area contributed by atoms with Crippen LogP contribution in [0.1, 0.15) is 39.3 Å². The van der Waals surface area contributed by atoms with E-state index in [0.717, 1.165) is 0 Å². The number of ether oxygens (including phenoxy) is 1. The standard InChI is InChI=1S/C23H19FN4O5/c1-33-19-8-12(24)7-16-15(19)9-17(26-16)21(30)25-13-2-3-14-11(6-13)10-28(23(14)32)18-4-5-20(29)27-22(18)31/h2-3,6-9,18,26H,4-5,10H2,1H3,(H,25,30)(H,27,29,31). The van der Waals surface area contributed by atoms with Gasteiger partial charge >= 0.3 is 0 Å². The summed E-state index contributed by atoms with van der Waals surface area (Å²) in [6, 6.07) is 8.27. The van der Waals surface area contributed by atoms with Gasteiger partial charge in [-0.2, -0.15) is 0 Å². The zero-order chi connectivity index (χ0) is 23.3. The van der Waals surface area contributed by atoms with E-state index in [4.69, 9.17) is 4.74 Å². The van der Waals surface area contributed by atoms with E-state index in [-0.39, 0.29) is 36.9 Å². The van der Waals surface area contributed by atoms with Crippen molar-refractivity contribution in [3.63, 3.8) is 0 Å². The first kappa shape index (κ1) is 20.7. The highest BCUT2D eigenvalue weighted by Gasteiger charge is 2.39. The van der Waals surface area contributed by atoms with Crippen LogP contribution in [0.5, 0.6) is 5.75 Å². The number of carbonyl (C=O) groups is 4. The molecule has 3 heterocycles. The molecule has 4 amide bonds. The minimum atomic E-state index is -0.706. The molecule has 5 rings (SSSR count). The van der Waals surface area contributed by atoms with Crippen molar-refractivity contribution < 1.29 is 28.3 Å². The van der Waals surface area contributed by atoms with Crippen LogP contribution in [0.2, 0.25) is 0 Å². The molecule has 1 unspecified atom stereocenters. The van der Waals surface area contributed by atoms with Gasteiger partial charge in [-0.1, -0.05) is 0 Å². The normalized spacial score (nSPS) is 17.8. The molecule has 33 heavy (non-hydrogen) atoms. The molecule has 2 aliphatic heterocycles. The molecule has 1 saturated heterocycles. The number of aromatic amines is 1. The Kier molecular flexibility index (Phi) is 4.85. The average Bonchev–Trinajstić information content (AvgIpc) is 3.34. The van der Waals surface area contributed by atoms with E-state index in [2.05, 4.69) is 15.6 Å². The summed E-state index contributed by atoms with van der Waals surface area (Å²) in [4.78, 5) is 53.5. The summed E-state index contributed by atoms with van der Waals surface area (Å²) in [7, 11) is 1.42. The van der Waals surface area contributed by atoms with E-state index in [1.807, 2.05) is 0 Å². The van der Waals surface area contributed by atoms with Crippen LogP contribution in [0.4, 0.5) is 10.1 Å². The van der Waals surface area contributed by atoms with Crippen LogP contribution in [0, 0.1) is 5.82 Å². The van der Waals surface area contributed by atoms with Crippen molar-refractivity contribution in [3.8, 4) is 5.75 Å². The van der Waals surface area contributed by atoms with Crippen molar-refractivity contribution in [1.82, 2.24) is 15.2 Å². The molecule has 0 bridgehead atoms. The summed E-state index contributed by atoms with van der Waals surface area (Å²) in [5, 5.41) is 5.61. The molecule has 0 spiro atoms. The van der Waals surface area contributed by atoms with Crippen LogP contribution in [0.25, 0.3) is 10.9 Å². The van der Waals surface area contributed by atoms with Crippen molar-refractivity contribution in [3.05, 3.63) is 59.0 Å². The number of amides is 4. The minimum absolute atomic E-state index is 0.178. The lowest BCUT2D eigenvalue weighted by Crippen LogP contribution is -2.52. The quantitative estimate of drug-likeness (QED) is 0.527. The van der Waals surface area contributed by atoms with Gasteiger partial charge in [0.15, 0.2) is 0 Å². The van der Waals surface area contributed by atoms with Crippen molar-refractivity contribution in [1.29, 1.82) is 0 Å². The Balaban J connectivity index is 1.35. The molecule has 1 fully saturated rings. The number of anilines is 1. The Bertz CT molecular complexity index is 1350. The second-order valence-electron chi connectivity index (χ2n) is 7.98. The van der Waals surface area contributed by atoms with E-state index < -0.39 is 23.7 Å². The monoisotopic (exact) mass is 450 g/mol. The number of nitrogens with one attached hydrogen (secondary N) is 3. The third kappa shape index (κ3) is 3.59. The molecule has 168 valence electrons. The topological polar surface area (TPSA) is 121 Å². The Morgan fingerprint density at radius 2 is 2.00 bits per heavy atom. The van der Waals surface area contributed by atoms with E-state index in [1.165, 1.54) is 24.1 Å². The van der Waals surface area contributed by atoms with Gasteiger partial charge in [-0.05, 0) is 42.3 Å². The summed E-state index contributed by atoms with van der Waals surface area (Å²) >= 11 is 0. The number of fused-ring (bicyclic) bond motifs is 2. The lowest BCUT2D eigenvalue weighted by molar-refractivity contribution is -0.136. The van der Waals surface area contributed by atoms with Gasteiger partial charge in [-0.25, -0.2) is 4.39 Å². The van der Waals surface area contributed by atoms with Crippen LogP contribution >= 0.6 is 0 Å². The number of hydrogen-bond donors (Lipinski definition) is 3. The van der Waals surface area contributed by atoms with Gasteiger partial charge in [-0.15, -0.1) is 0 Å². The fourth-order valence-electron chi connectivity index (χ4n) is 4.31. The number of aromatic nitrogens is 1. The first-order valence-corrected chi connectivity index (χ1v) is 10.3. The lowest BCUT2D eigenvalue weighted by atomic mass is 10.0. The average molecular weight is 450 g/mol. The highest BCUT2D eigenvalue weighted by molar-refractivity contribution is 6.08. The van der Waals surface area contributed by atoms with Gasteiger partial charge in [0.2, 0.25) is 11.8 Å². The number of H-pyrrole nitrogens is 1. The zero-order valence-corrected chi connectivity index (χ0v) is 17.5. The second kappa shape index (κ2) is 7.73. The van der Waals surface area contributed by atoms with Gasteiger partial charge in [0, 0.05) is 35.7 Å². The summed E-state index contributed by atoms with van der Waals surface area (Å²) < 4.78 is 18.9. The van der Waals surface area contributed by atoms with Gasteiger partial charge in [0.25, 0.3) is 11.8 Å². The van der Waals surface area contributed by atoms with Crippen LogP contribution in [-0.4, -0.2) is 46.7 Å². The Morgan fingerprint density at radius 3 is 2.76 bits per heavy atom. The van der Waals surface area contributed by atoms with Crippen LogP contribution in [-0.2, 0) is 16.1 Å². The van der Waals surface area contributed by atoms with Gasteiger partial charge < -0.3 is 19.9 Å². The second-order valence-corrected chi connectivity index (χ2v) is 7.98. The molecule has 1 atom stereocenters. The molecule has 0 radical (unpaired) electrons. The summed E-state index contributed by atoms with van der Waals surface area (Å²) in [6.45, 7) is 0.201. The fourth-order valence-corrected chi connectivity index (χ4v) is 4.31. The number of rotatable bonds is 4. The van der Waals surface area contributed by atoms with E-state index >= 15 is 0 Å². The van der Waals surface area contributed by atoms with E-state index in [9.17, 15) is 23.6 Å². The van der Waals surface area contributed by atoms with Crippen molar-refractivity contribution >= 4 is 40.2 Å². The molecule has 1 aromatic heterocycles. The molecule has 3 N–H and O–H groups in total. The molecular formula is C23H19FN4O5. The molecule has 3 aromatic rings. The zero-order valence-electron chi connectivity index (χ0n) is 17.5. The number of methoxy groups -OCH3 is 1. The first-order chi connectivity index (χ1) is 15.8. The molecule has 0 aliphatic carbocycles. The highest BCUT2D eigenvalue weighted by Crippen LogP contribution is 2.31. The number of hydrogen-bond acceptors (Lipinski definition) is 5. The van der Waals surface area contributed by atoms with Crippen molar-refractivity contribution in [2.75, 3.05) is 12.4 Å². The van der Waals surface area contributed by atoms with E-state index in [0.29, 0.717) is 33.5 Å². The molecule has 2 aromatic carbocycles.